The Hall–Kier alpha value is -0.900. The summed E-state index contributed by atoms with van der Waals surface area (Å²) in [6, 6.07) is -0.147. The van der Waals surface area contributed by atoms with E-state index in [0.717, 1.165) is 31.6 Å². The average molecular weight is 211 g/mol. The SMILES string of the molecule is CCCC(CCC)c1nc(C(C)N)no1. The molecule has 0 fully saturated rings. The fourth-order valence-electron chi connectivity index (χ4n) is 1.69. The number of aromatic nitrogens is 2. The maximum absolute atomic E-state index is 5.69. The minimum absolute atomic E-state index is 0.147. The lowest BCUT2D eigenvalue weighted by Gasteiger charge is -2.09. The van der Waals surface area contributed by atoms with Gasteiger partial charge in [-0.1, -0.05) is 31.8 Å². The lowest BCUT2D eigenvalue weighted by atomic mass is 9.98. The predicted octanol–water partition coefficient (Wildman–Crippen LogP) is 2.77. The van der Waals surface area contributed by atoms with Crippen LogP contribution in [-0.2, 0) is 0 Å². The highest BCUT2D eigenvalue weighted by Crippen LogP contribution is 2.25. The van der Waals surface area contributed by atoms with Crippen LogP contribution < -0.4 is 5.73 Å². The minimum Gasteiger partial charge on any atom is -0.339 e. The maximum atomic E-state index is 5.69. The first-order valence-electron chi connectivity index (χ1n) is 5.78. The van der Waals surface area contributed by atoms with Crippen LogP contribution in [0.1, 0.15) is 70.1 Å². The van der Waals surface area contributed by atoms with Crippen molar-refractivity contribution in [2.24, 2.45) is 5.73 Å². The molecule has 1 aromatic heterocycles. The molecule has 0 saturated carbocycles. The van der Waals surface area contributed by atoms with Crippen LogP contribution in [0, 0.1) is 0 Å². The molecule has 0 aromatic carbocycles. The standard InChI is InChI=1S/C11H21N3O/c1-4-6-9(7-5-2)11-13-10(8(3)12)14-15-11/h8-9H,4-7,12H2,1-3H3. The van der Waals surface area contributed by atoms with E-state index >= 15 is 0 Å². The van der Waals surface area contributed by atoms with E-state index in [1.54, 1.807) is 0 Å². The van der Waals surface area contributed by atoms with Crippen LogP contribution >= 0.6 is 0 Å². The molecule has 0 bridgehead atoms. The third-order valence-corrected chi connectivity index (χ3v) is 2.49. The molecule has 4 nitrogen and oxygen atoms in total. The Morgan fingerprint density at radius 2 is 1.87 bits per heavy atom. The summed E-state index contributed by atoms with van der Waals surface area (Å²) in [6.45, 7) is 6.21. The van der Waals surface area contributed by atoms with E-state index in [-0.39, 0.29) is 6.04 Å². The Morgan fingerprint density at radius 1 is 1.27 bits per heavy atom. The minimum atomic E-state index is -0.147. The van der Waals surface area contributed by atoms with Gasteiger partial charge in [0, 0.05) is 5.92 Å². The second-order valence-corrected chi connectivity index (χ2v) is 4.05. The van der Waals surface area contributed by atoms with Gasteiger partial charge in [-0.25, -0.2) is 0 Å². The van der Waals surface area contributed by atoms with Crippen LogP contribution in [0.5, 0.6) is 0 Å². The Balaban J connectivity index is 2.72. The highest BCUT2D eigenvalue weighted by Gasteiger charge is 2.18. The van der Waals surface area contributed by atoms with E-state index in [1.807, 2.05) is 6.92 Å². The summed E-state index contributed by atoms with van der Waals surface area (Å²) in [6.07, 6.45) is 4.49. The summed E-state index contributed by atoms with van der Waals surface area (Å²) in [7, 11) is 0. The summed E-state index contributed by atoms with van der Waals surface area (Å²) >= 11 is 0. The van der Waals surface area contributed by atoms with Gasteiger partial charge in [0.1, 0.15) is 0 Å². The zero-order valence-corrected chi connectivity index (χ0v) is 9.86. The zero-order valence-electron chi connectivity index (χ0n) is 9.86. The fourth-order valence-corrected chi connectivity index (χ4v) is 1.69. The van der Waals surface area contributed by atoms with E-state index in [9.17, 15) is 0 Å². The lowest BCUT2D eigenvalue weighted by Crippen LogP contribution is -2.07. The van der Waals surface area contributed by atoms with Crippen molar-refractivity contribution in [3.63, 3.8) is 0 Å². The Labute approximate surface area is 91.2 Å². The highest BCUT2D eigenvalue weighted by atomic mass is 16.5. The summed E-state index contributed by atoms with van der Waals surface area (Å²) in [5.41, 5.74) is 5.69. The number of rotatable bonds is 6. The van der Waals surface area contributed by atoms with Crippen LogP contribution in [0.15, 0.2) is 4.52 Å². The third-order valence-electron chi connectivity index (χ3n) is 2.49. The van der Waals surface area contributed by atoms with E-state index in [4.69, 9.17) is 10.3 Å². The van der Waals surface area contributed by atoms with Gasteiger partial charge in [-0.15, -0.1) is 0 Å². The van der Waals surface area contributed by atoms with Gasteiger partial charge in [0.15, 0.2) is 5.82 Å². The van der Waals surface area contributed by atoms with Crippen LogP contribution in [0.25, 0.3) is 0 Å². The molecule has 0 aliphatic rings. The lowest BCUT2D eigenvalue weighted by molar-refractivity contribution is 0.332. The molecular formula is C11H21N3O. The molecule has 0 radical (unpaired) electrons. The van der Waals surface area contributed by atoms with Crippen molar-refractivity contribution in [1.82, 2.24) is 10.1 Å². The van der Waals surface area contributed by atoms with Gasteiger partial charge in [0.2, 0.25) is 5.89 Å². The van der Waals surface area contributed by atoms with E-state index in [2.05, 4.69) is 24.0 Å². The van der Waals surface area contributed by atoms with Gasteiger partial charge in [0.05, 0.1) is 6.04 Å². The molecule has 15 heavy (non-hydrogen) atoms. The van der Waals surface area contributed by atoms with Crippen molar-refractivity contribution in [3.8, 4) is 0 Å². The van der Waals surface area contributed by atoms with Crippen LogP contribution in [-0.4, -0.2) is 10.1 Å². The first-order valence-corrected chi connectivity index (χ1v) is 5.78. The first kappa shape index (κ1) is 12.2. The molecule has 1 heterocycles. The van der Waals surface area contributed by atoms with Gasteiger partial charge < -0.3 is 10.3 Å². The van der Waals surface area contributed by atoms with Crippen LogP contribution in [0.2, 0.25) is 0 Å². The third kappa shape index (κ3) is 3.30. The second-order valence-electron chi connectivity index (χ2n) is 4.05. The Bertz CT molecular complexity index is 277. The van der Waals surface area contributed by atoms with E-state index < -0.39 is 0 Å². The topological polar surface area (TPSA) is 64.9 Å². The molecule has 0 amide bonds. The predicted molar refractivity (Wildman–Crippen MR) is 59.5 cm³/mol. The number of nitrogens with two attached hydrogens (primary N) is 1. The monoisotopic (exact) mass is 211 g/mol. The van der Waals surface area contributed by atoms with Crippen LogP contribution in [0.3, 0.4) is 0 Å². The van der Waals surface area contributed by atoms with E-state index in [0.29, 0.717) is 11.7 Å². The number of nitrogens with zero attached hydrogens (tertiary/aromatic N) is 2. The molecule has 1 unspecified atom stereocenters. The van der Waals surface area contributed by atoms with Crippen molar-refractivity contribution in [2.45, 2.75) is 58.4 Å². The molecule has 0 saturated heterocycles. The first-order chi connectivity index (χ1) is 7.19. The number of hydrogen-bond donors (Lipinski definition) is 1. The number of hydrogen-bond acceptors (Lipinski definition) is 4. The van der Waals surface area contributed by atoms with E-state index in [1.165, 1.54) is 0 Å². The van der Waals surface area contributed by atoms with Crippen molar-refractivity contribution >= 4 is 0 Å². The molecule has 0 spiro atoms. The molecule has 1 atom stereocenters. The van der Waals surface area contributed by atoms with Gasteiger partial charge in [-0.2, -0.15) is 4.98 Å². The largest absolute Gasteiger partial charge is 0.339 e. The van der Waals surface area contributed by atoms with Crippen molar-refractivity contribution in [1.29, 1.82) is 0 Å². The normalized spacial score (nSPS) is 13.4. The van der Waals surface area contributed by atoms with Gasteiger partial charge >= 0.3 is 0 Å². The van der Waals surface area contributed by atoms with Crippen molar-refractivity contribution in [3.05, 3.63) is 11.7 Å². The summed E-state index contributed by atoms with van der Waals surface area (Å²) in [5.74, 6) is 1.77. The highest BCUT2D eigenvalue weighted by molar-refractivity contribution is 4.96. The van der Waals surface area contributed by atoms with Gasteiger partial charge in [-0.3, -0.25) is 0 Å². The maximum Gasteiger partial charge on any atom is 0.229 e. The molecule has 2 N–H and O–H groups in total. The summed E-state index contributed by atoms with van der Waals surface area (Å²) in [5, 5.41) is 3.89. The summed E-state index contributed by atoms with van der Waals surface area (Å²) < 4.78 is 5.25. The molecule has 0 aliphatic carbocycles. The Morgan fingerprint density at radius 3 is 2.27 bits per heavy atom. The molecular weight excluding hydrogens is 190 g/mol. The molecule has 1 rings (SSSR count). The Kier molecular flexibility index (Phi) is 4.75. The van der Waals surface area contributed by atoms with Crippen molar-refractivity contribution in [2.75, 3.05) is 0 Å². The van der Waals surface area contributed by atoms with Crippen LogP contribution in [0.4, 0.5) is 0 Å². The fraction of sp³-hybridized carbons (Fsp3) is 0.818. The second kappa shape index (κ2) is 5.85. The quantitative estimate of drug-likeness (QED) is 0.785. The molecule has 4 heteroatoms. The molecule has 1 aromatic rings. The molecule has 0 aliphatic heterocycles. The summed E-state index contributed by atoms with van der Waals surface area (Å²) in [4.78, 5) is 4.34. The molecule has 86 valence electrons. The smallest absolute Gasteiger partial charge is 0.229 e. The zero-order chi connectivity index (χ0) is 11.3. The average Bonchev–Trinajstić information content (AvgIpc) is 2.66. The van der Waals surface area contributed by atoms with Crippen molar-refractivity contribution < 1.29 is 4.52 Å². The van der Waals surface area contributed by atoms with Gasteiger partial charge in [-0.05, 0) is 19.8 Å². The van der Waals surface area contributed by atoms with Gasteiger partial charge in [0.25, 0.3) is 0 Å².